The van der Waals surface area contributed by atoms with Crippen LogP contribution in [0.4, 0.5) is 0 Å². The van der Waals surface area contributed by atoms with Gasteiger partial charge in [0, 0.05) is 13.1 Å². The van der Waals surface area contributed by atoms with Crippen molar-refractivity contribution in [2.24, 2.45) is 5.73 Å². The molecule has 0 saturated carbocycles. The molecule has 1 rings (SSSR count). The first-order valence-electron chi connectivity index (χ1n) is 5.23. The van der Waals surface area contributed by atoms with Gasteiger partial charge in [-0.3, -0.25) is 4.79 Å². The fourth-order valence-electron chi connectivity index (χ4n) is 1.35. The Morgan fingerprint density at radius 2 is 1.88 bits per heavy atom. The third-order valence-corrected chi connectivity index (χ3v) is 3.67. The zero-order valence-corrected chi connectivity index (χ0v) is 10.2. The highest BCUT2D eigenvalue weighted by molar-refractivity contribution is 7.92. The zero-order valence-electron chi connectivity index (χ0n) is 9.43. The van der Waals surface area contributed by atoms with Crippen molar-refractivity contribution < 1.29 is 13.2 Å². The monoisotopic (exact) mass is 256 g/mol. The summed E-state index contributed by atoms with van der Waals surface area (Å²) in [5.41, 5.74) is 5.92. The third-order valence-electron chi connectivity index (χ3n) is 2.12. The van der Waals surface area contributed by atoms with Gasteiger partial charge in [0.05, 0.1) is 5.75 Å². The number of carbonyl (C=O) groups excluding carboxylic acids is 1. The van der Waals surface area contributed by atoms with Gasteiger partial charge < -0.3 is 11.1 Å². The van der Waals surface area contributed by atoms with E-state index in [0.717, 1.165) is 5.56 Å². The first kappa shape index (κ1) is 13.7. The summed E-state index contributed by atoms with van der Waals surface area (Å²) in [6.07, 6.45) is 0. The average Bonchev–Trinajstić information content (AvgIpc) is 2.24. The van der Waals surface area contributed by atoms with Crippen molar-refractivity contribution in [2.45, 2.75) is 6.54 Å². The quantitative estimate of drug-likeness (QED) is 0.654. The second-order valence-electron chi connectivity index (χ2n) is 3.72. The van der Waals surface area contributed by atoms with Gasteiger partial charge >= 0.3 is 0 Å². The smallest absolute Gasteiger partial charge is 0.232 e. The summed E-state index contributed by atoms with van der Waals surface area (Å²) >= 11 is 0. The molecule has 0 fully saturated rings. The van der Waals surface area contributed by atoms with Crippen LogP contribution in [0, 0.1) is 0 Å². The van der Waals surface area contributed by atoms with Crippen molar-refractivity contribution in [1.29, 1.82) is 0 Å². The average molecular weight is 256 g/mol. The van der Waals surface area contributed by atoms with Gasteiger partial charge in [-0.25, -0.2) is 8.42 Å². The molecule has 6 heteroatoms. The minimum absolute atomic E-state index is 0.0806. The number of rotatable bonds is 7. The molecular formula is C11H16N2O3S. The number of nitrogens with one attached hydrogen (secondary N) is 1. The number of nitrogens with two attached hydrogens (primary N) is 1. The Hall–Kier alpha value is -1.40. The number of hydrogen-bond donors (Lipinski definition) is 2. The molecule has 94 valence electrons. The van der Waals surface area contributed by atoms with Crippen LogP contribution in [0.2, 0.25) is 0 Å². The summed E-state index contributed by atoms with van der Waals surface area (Å²) < 4.78 is 22.6. The molecule has 0 spiro atoms. The van der Waals surface area contributed by atoms with Crippen LogP contribution in [-0.2, 0) is 21.2 Å². The number of sulfone groups is 1. The fraction of sp³-hybridized carbons (Fsp3) is 0.364. The largest absolute Gasteiger partial charge is 0.369 e. The van der Waals surface area contributed by atoms with Crippen LogP contribution < -0.4 is 11.1 Å². The Kier molecular flexibility index (Phi) is 5.11. The van der Waals surface area contributed by atoms with Gasteiger partial charge in [-0.05, 0) is 5.56 Å². The summed E-state index contributed by atoms with van der Waals surface area (Å²) in [4.78, 5) is 10.5. The second-order valence-corrected chi connectivity index (χ2v) is 5.90. The Labute approximate surface area is 101 Å². The van der Waals surface area contributed by atoms with Gasteiger partial charge in [0.25, 0.3) is 0 Å². The summed E-state index contributed by atoms with van der Waals surface area (Å²) in [7, 11) is -3.37. The Bertz CT molecular complexity index is 457. The van der Waals surface area contributed by atoms with Crippen LogP contribution in [0.25, 0.3) is 0 Å². The highest BCUT2D eigenvalue weighted by Gasteiger charge is 2.13. The molecule has 0 bridgehead atoms. The molecule has 0 unspecified atom stereocenters. The molecule has 0 heterocycles. The van der Waals surface area contributed by atoms with Crippen LogP contribution >= 0.6 is 0 Å². The van der Waals surface area contributed by atoms with Crippen molar-refractivity contribution in [3.05, 3.63) is 35.9 Å². The SMILES string of the molecule is NC(=O)CS(=O)(=O)CCNCc1ccccc1. The number of carbonyl (C=O) groups is 1. The summed E-state index contributed by atoms with van der Waals surface area (Å²) in [5.74, 6) is -1.48. The first-order valence-corrected chi connectivity index (χ1v) is 7.05. The van der Waals surface area contributed by atoms with Crippen molar-refractivity contribution in [3.8, 4) is 0 Å². The molecule has 0 aromatic heterocycles. The van der Waals surface area contributed by atoms with Crippen molar-refractivity contribution >= 4 is 15.7 Å². The summed E-state index contributed by atoms with van der Waals surface area (Å²) in [6.45, 7) is 0.914. The number of hydrogen-bond acceptors (Lipinski definition) is 4. The lowest BCUT2D eigenvalue weighted by molar-refractivity contribution is -0.115. The van der Waals surface area contributed by atoms with Crippen LogP contribution in [0.5, 0.6) is 0 Å². The lowest BCUT2D eigenvalue weighted by atomic mass is 10.2. The molecule has 1 amide bonds. The van der Waals surface area contributed by atoms with E-state index >= 15 is 0 Å². The van der Waals surface area contributed by atoms with Crippen LogP contribution in [0.3, 0.4) is 0 Å². The zero-order chi connectivity index (χ0) is 12.7. The van der Waals surface area contributed by atoms with E-state index in [1.807, 2.05) is 30.3 Å². The molecule has 0 saturated heterocycles. The molecule has 0 radical (unpaired) electrons. The lowest BCUT2D eigenvalue weighted by Gasteiger charge is -2.05. The number of amides is 1. The fourth-order valence-corrected chi connectivity index (χ4v) is 2.38. The normalized spacial score (nSPS) is 11.3. The predicted octanol–water partition coefficient (Wildman–Crippen LogP) is -0.324. The standard InChI is InChI=1S/C11H16N2O3S/c12-11(14)9-17(15,16)7-6-13-8-10-4-2-1-3-5-10/h1-5,13H,6-9H2,(H2,12,14). The van der Waals surface area contributed by atoms with E-state index < -0.39 is 21.5 Å². The molecule has 0 aliphatic carbocycles. The minimum atomic E-state index is -3.37. The highest BCUT2D eigenvalue weighted by atomic mass is 32.2. The molecule has 0 aliphatic heterocycles. The molecule has 0 atom stereocenters. The van der Waals surface area contributed by atoms with Crippen molar-refractivity contribution in [1.82, 2.24) is 5.32 Å². The molecule has 3 N–H and O–H groups in total. The van der Waals surface area contributed by atoms with E-state index in [1.165, 1.54) is 0 Å². The lowest BCUT2D eigenvalue weighted by Crippen LogP contribution is -2.29. The molecule has 17 heavy (non-hydrogen) atoms. The van der Waals surface area contributed by atoms with Crippen molar-refractivity contribution in [3.63, 3.8) is 0 Å². The summed E-state index contributed by atoms with van der Waals surface area (Å²) in [5, 5.41) is 3.00. The Balaban J connectivity index is 2.27. The maximum Gasteiger partial charge on any atom is 0.232 e. The van der Waals surface area contributed by atoms with E-state index in [1.54, 1.807) is 0 Å². The van der Waals surface area contributed by atoms with Crippen molar-refractivity contribution in [2.75, 3.05) is 18.1 Å². The van der Waals surface area contributed by atoms with E-state index in [9.17, 15) is 13.2 Å². The van der Waals surface area contributed by atoms with Gasteiger partial charge in [-0.15, -0.1) is 0 Å². The van der Waals surface area contributed by atoms with Gasteiger partial charge in [0.2, 0.25) is 5.91 Å². The minimum Gasteiger partial charge on any atom is -0.369 e. The predicted molar refractivity (Wildman–Crippen MR) is 66.0 cm³/mol. The Morgan fingerprint density at radius 3 is 2.47 bits per heavy atom. The van der Waals surface area contributed by atoms with E-state index in [-0.39, 0.29) is 5.75 Å². The summed E-state index contributed by atoms with van der Waals surface area (Å²) in [6, 6.07) is 9.65. The third kappa shape index (κ3) is 6.03. The number of benzene rings is 1. The van der Waals surface area contributed by atoms with Gasteiger partial charge in [0.15, 0.2) is 9.84 Å². The first-order chi connectivity index (χ1) is 7.99. The van der Waals surface area contributed by atoms with Gasteiger partial charge in [0.1, 0.15) is 5.75 Å². The topological polar surface area (TPSA) is 89.3 Å². The Morgan fingerprint density at radius 1 is 1.24 bits per heavy atom. The van der Waals surface area contributed by atoms with Gasteiger partial charge in [-0.2, -0.15) is 0 Å². The maximum absolute atomic E-state index is 11.3. The maximum atomic E-state index is 11.3. The molecule has 1 aromatic carbocycles. The van der Waals surface area contributed by atoms with Gasteiger partial charge in [-0.1, -0.05) is 30.3 Å². The van der Waals surface area contributed by atoms with Crippen LogP contribution in [0.15, 0.2) is 30.3 Å². The highest BCUT2D eigenvalue weighted by Crippen LogP contribution is 1.97. The van der Waals surface area contributed by atoms with E-state index in [0.29, 0.717) is 13.1 Å². The van der Waals surface area contributed by atoms with Crippen LogP contribution in [-0.4, -0.2) is 32.4 Å². The molecule has 0 aliphatic rings. The second kappa shape index (κ2) is 6.36. The van der Waals surface area contributed by atoms with E-state index in [2.05, 4.69) is 5.32 Å². The van der Waals surface area contributed by atoms with Crippen LogP contribution in [0.1, 0.15) is 5.56 Å². The van der Waals surface area contributed by atoms with E-state index in [4.69, 9.17) is 5.73 Å². The number of primary amides is 1. The molecular weight excluding hydrogens is 240 g/mol. The molecule has 5 nitrogen and oxygen atoms in total. The molecule has 1 aromatic rings.